The Morgan fingerprint density at radius 3 is 1.23 bits per heavy atom. The van der Waals surface area contributed by atoms with Crippen LogP contribution in [0.25, 0.3) is 0 Å². The smallest absolute Gasteiger partial charge is 0.306 e. The van der Waals surface area contributed by atoms with Gasteiger partial charge in [0.25, 0.3) is 7.82 Å². The maximum atomic E-state index is 13.5. The first-order valence-corrected chi connectivity index (χ1v) is 34.1. The molecule has 0 saturated carbocycles. The third-order valence-corrected chi connectivity index (χ3v) is 15.4. The Bertz CT molecular complexity index is 1500. The lowest BCUT2D eigenvalue weighted by atomic mass is 10.0. The highest BCUT2D eigenvalue weighted by atomic mass is 31.2. The van der Waals surface area contributed by atoms with E-state index in [-0.39, 0.29) is 24.9 Å². The summed E-state index contributed by atoms with van der Waals surface area (Å²) in [6.07, 6.45) is 71.9. The van der Waals surface area contributed by atoms with Crippen molar-refractivity contribution in [1.82, 2.24) is 5.32 Å². The van der Waals surface area contributed by atoms with E-state index in [9.17, 15) is 19.0 Å². The molecule has 0 spiro atoms. The van der Waals surface area contributed by atoms with E-state index in [0.717, 1.165) is 77.0 Å². The van der Waals surface area contributed by atoms with Crippen LogP contribution >= 0.6 is 7.82 Å². The monoisotopic (exact) mass is 1100 g/mol. The summed E-state index contributed by atoms with van der Waals surface area (Å²) in [5.74, 6) is -0.555. The van der Waals surface area contributed by atoms with Crippen LogP contribution < -0.4 is 10.2 Å². The standard InChI is InChI=1S/C67H125N2O7P/c1-7-10-13-16-19-22-25-28-30-31-32-33-34-35-36-37-38-39-40-42-45-48-51-54-57-60-67(71)76-65(58-55-52-49-46-43-27-24-21-18-15-12-9-3)64(63-75-77(72,73)74-62-61-69(4,5)6)68-66(70)59-56-53-50-47-44-41-29-26-23-20-17-14-11-8-2/h19,22,28,30,32-33,41,44,55,58,64-65H,7-18,20-21,23-27,29,31,34-40,42-43,45-54,56-57,59-63H2,1-6H3,(H-,68,70,72,73)/b22-19-,30-28-,33-32-,44-41-,58-55-. The van der Waals surface area contributed by atoms with Gasteiger partial charge in [-0.25, -0.2) is 0 Å². The SMILES string of the molecule is CCCCC/C=C\C/C=C\C/C=C\CCCCCCCCCCCCCCC(=O)OC(/C=C\CCCCCCCCCCCC)C(COP(=O)([O-])OCC[N+](C)(C)C)NC(=O)CCCCC/C=C\CCCCCCCCC. The predicted octanol–water partition coefficient (Wildman–Crippen LogP) is 19.6. The van der Waals surface area contributed by atoms with Crippen LogP contribution in [0.2, 0.25) is 0 Å². The van der Waals surface area contributed by atoms with Crippen molar-refractivity contribution >= 4 is 19.7 Å². The maximum Gasteiger partial charge on any atom is 0.306 e. The molecule has 0 aromatic rings. The average molecular weight is 1100 g/mol. The Balaban J connectivity index is 5.11. The molecule has 0 rings (SSSR count). The van der Waals surface area contributed by atoms with Gasteiger partial charge in [-0.05, 0) is 96.0 Å². The van der Waals surface area contributed by atoms with Crippen LogP contribution in [0.15, 0.2) is 60.8 Å². The van der Waals surface area contributed by atoms with E-state index < -0.39 is 26.6 Å². The summed E-state index contributed by atoms with van der Waals surface area (Å²) in [5.41, 5.74) is 0. The Morgan fingerprint density at radius 1 is 0.455 bits per heavy atom. The lowest BCUT2D eigenvalue weighted by Gasteiger charge is -2.30. The summed E-state index contributed by atoms with van der Waals surface area (Å²) in [6.45, 7) is 6.82. The van der Waals surface area contributed by atoms with Gasteiger partial charge in [0.2, 0.25) is 5.91 Å². The molecule has 0 fully saturated rings. The largest absolute Gasteiger partial charge is 0.756 e. The number of hydrogen-bond acceptors (Lipinski definition) is 7. The first-order chi connectivity index (χ1) is 37.4. The van der Waals surface area contributed by atoms with Crippen LogP contribution in [0.1, 0.15) is 303 Å². The number of nitrogens with one attached hydrogen (secondary N) is 1. The average Bonchev–Trinajstić information content (AvgIpc) is 3.39. The number of likely N-dealkylation sites (N-methyl/N-ethyl adjacent to an activating group) is 1. The molecule has 0 bridgehead atoms. The number of carbonyl (C=O) groups excluding carboxylic acids is 2. The molecule has 10 heteroatoms. The minimum absolute atomic E-state index is 0.0255. The maximum absolute atomic E-state index is 13.5. The highest BCUT2D eigenvalue weighted by molar-refractivity contribution is 7.45. The van der Waals surface area contributed by atoms with Crippen molar-refractivity contribution in [2.45, 2.75) is 315 Å². The molecule has 1 amide bonds. The topological polar surface area (TPSA) is 114 Å². The number of esters is 1. The van der Waals surface area contributed by atoms with Crippen molar-refractivity contribution in [3.05, 3.63) is 60.8 Å². The number of allylic oxidation sites excluding steroid dienone is 9. The van der Waals surface area contributed by atoms with Gasteiger partial charge in [-0.15, -0.1) is 0 Å². The molecule has 3 unspecified atom stereocenters. The number of rotatable bonds is 59. The van der Waals surface area contributed by atoms with Gasteiger partial charge in [0.15, 0.2) is 0 Å². The molecule has 1 N–H and O–H groups in total. The molecule has 0 saturated heterocycles. The molecule has 0 aliphatic heterocycles. The summed E-state index contributed by atoms with van der Waals surface area (Å²) in [5, 5.41) is 3.02. The molecule has 0 aliphatic carbocycles. The first kappa shape index (κ1) is 74.7. The number of phosphoric ester groups is 1. The predicted molar refractivity (Wildman–Crippen MR) is 330 cm³/mol. The van der Waals surface area contributed by atoms with Gasteiger partial charge in [-0.2, -0.15) is 0 Å². The normalized spacial score (nSPS) is 14.0. The zero-order valence-corrected chi connectivity index (χ0v) is 52.3. The van der Waals surface area contributed by atoms with Crippen LogP contribution in [0, 0.1) is 0 Å². The summed E-state index contributed by atoms with van der Waals surface area (Å²) >= 11 is 0. The van der Waals surface area contributed by atoms with E-state index in [2.05, 4.69) is 74.7 Å². The third kappa shape index (κ3) is 58.2. The van der Waals surface area contributed by atoms with Crippen LogP contribution in [0.5, 0.6) is 0 Å². The van der Waals surface area contributed by atoms with Crippen molar-refractivity contribution < 1.29 is 37.3 Å². The Morgan fingerprint density at radius 2 is 0.792 bits per heavy atom. The number of carbonyl (C=O) groups is 2. The first-order valence-electron chi connectivity index (χ1n) is 32.6. The fourth-order valence-corrected chi connectivity index (χ4v) is 10.1. The van der Waals surface area contributed by atoms with Crippen molar-refractivity contribution in [2.75, 3.05) is 40.9 Å². The molecular weight excluding hydrogens is 976 g/mol. The second-order valence-electron chi connectivity index (χ2n) is 23.3. The summed E-state index contributed by atoms with van der Waals surface area (Å²) < 4.78 is 30.3. The third-order valence-electron chi connectivity index (χ3n) is 14.4. The van der Waals surface area contributed by atoms with Gasteiger partial charge in [0.05, 0.1) is 33.8 Å². The lowest BCUT2D eigenvalue weighted by molar-refractivity contribution is -0.870. The van der Waals surface area contributed by atoms with Crippen molar-refractivity contribution in [3.63, 3.8) is 0 Å². The van der Waals surface area contributed by atoms with E-state index in [1.807, 2.05) is 33.3 Å². The number of nitrogens with zero attached hydrogens (tertiary/aromatic N) is 1. The Labute approximate surface area is 477 Å². The summed E-state index contributed by atoms with van der Waals surface area (Å²) in [7, 11) is 1.18. The van der Waals surface area contributed by atoms with Gasteiger partial charge in [0.1, 0.15) is 19.3 Å². The highest BCUT2D eigenvalue weighted by Gasteiger charge is 2.27. The zero-order chi connectivity index (χ0) is 56.4. The zero-order valence-electron chi connectivity index (χ0n) is 51.4. The van der Waals surface area contributed by atoms with Gasteiger partial charge in [0, 0.05) is 12.8 Å². The number of hydrogen-bond donors (Lipinski definition) is 1. The number of quaternary nitrogens is 1. The summed E-state index contributed by atoms with van der Waals surface area (Å²) in [4.78, 5) is 40.0. The highest BCUT2D eigenvalue weighted by Crippen LogP contribution is 2.38. The second kappa shape index (κ2) is 57.0. The van der Waals surface area contributed by atoms with Crippen molar-refractivity contribution in [2.24, 2.45) is 0 Å². The van der Waals surface area contributed by atoms with Crippen molar-refractivity contribution in [1.29, 1.82) is 0 Å². The second-order valence-corrected chi connectivity index (χ2v) is 24.7. The van der Waals surface area contributed by atoms with Crippen molar-refractivity contribution in [3.8, 4) is 0 Å². The fraction of sp³-hybridized carbons (Fsp3) is 0.821. The molecule has 0 heterocycles. The Kier molecular flexibility index (Phi) is 55.3. The number of phosphoric acid groups is 1. The van der Waals surface area contributed by atoms with E-state index >= 15 is 0 Å². The van der Waals surface area contributed by atoms with Gasteiger partial charge in [-0.3, -0.25) is 14.2 Å². The van der Waals surface area contributed by atoms with E-state index in [4.69, 9.17) is 13.8 Å². The molecular formula is C67H125N2O7P. The molecule has 3 atom stereocenters. The van der Waals surface area contributed by atoms with E-state index in [1.165, 1.54) is 186 Å². The quantitative estimate of drug-likeness (QED) is 0.0212. The van der Waals surface area contributed by atoms with E-state index in [0.29, 0.717) is 23.9 Å². The van der Waals surface area contributed by atoms with Crippen LogP contribution in [0.3, 0.4) is 0 Å². The number of amides is 1. The molecule has 0 aliphatic rings. The minimum atomic E-state index is -4.70. The molecule has 0 radical (unpaired) electrons. The molecule has 450 valence electrons. The minimum Gasteiger partial charge on any atom is -0.756 e. The van der Waals surface area contributed by atoms with E-state index in [1.54, 1.807) is 0 Å². The van der Waals surface area contributed by atoms with Gasteiger partial charge < -0.3 is 28.5 Å². The summed E-state index contributed by atoms with van der Waals surface area (Å²) in [6, 6.07) is -0.897. The molecule has 9 nitrogen and oxygen atoms in total. The van der Waals surface area contributed by atoms with Gasteiger partial charge >= 0.3 is 5.97 Å². The fourth-order valence-electron chi connectivity index (χ4n) is 9.35. The number of unbranched alkanes of at least 4 members (excludes halogenated alkanes) is 35. The number of ether oxygens (including phenoxy) is 1. The van der Waals surface area contributed by atoms with Crippen LogP contribution in [-0.2, 0) is 27.9 Å². The molecule has 0 aromatic carbocycles. The molecule has 0 aromatic heterocycles. The van der Waals surface area contributed by atoms with Crippen LogP contribution in [0.4, 0.5) is 0 Å². The lowest BCUT2D eigenvalue weighted by Crippen LogP contribution is -2.47. The Hall–Kier alpha value is -2.29. The van der Waals surface area contributed by atoms with Gasteiger partial charge in [-0.1, -0.05) is 255 Å². The van der Waals surface area contributed by atoms with Crippen LogP contribution in [-0.4, -0.2) is 69.4 Å². The molecule has 77 heavy (non-hydrogen) atoms.